The molecule has 0 aliphatic heterocycles. The van der Waals surface area contributed by atoms with Gasteiger partial charge in [-0.3, -0.25) is 9.78 Å². The number of hydrogen-bond acceptors (Lipinski definition) is 5. The smallest absolute Gasteiger partial charge is 0.242 e. The molecule has 0 saturated carbocycles. The lowest BCUT2D eigenvalue weighted by molar-refractivity contribution is -0.121. The summed E-state index contributed by atoms with van der Waals surface area (Å²) in [6.45, 7) is 6.17. The second-order valence-corrected chi connectivity index (χ2v) is 6.17. The molecule has 26 heavy (non-hydrogen) atoms. The number of rotatable bonds is 6. The molecule has 0 saturated heterocycles. The van der Waals surface area contributed by atoms with Crippen LogP contribution in [-0.2, 0) is 11.3 Å². The maximum atomic E-state index is 12.3. The highest BCUT2D eigenvalue weighted by molar-refractivity contribution is 5.83. The zero-order valence-electron chi connectivity index (χ0n) is 15.1. The molecule has 0 spiro atoms. The summed E-state index contributed by atoms with van der Waals surface area (Å²) < 4.78 is 1.73. The number of aromatic nitrogens is 4. The van der Waals surface area contributed by atoms with Crippen molar-refractivity contribution in [1.82, 2.24) is 25.1 Å². The Balaban J connectivity index is 1.64. The van der Waals surface area contributed by atoms with Crippen LogP contribution in [0, 0.1) is 13.8 Å². The van der Waals surface area contributed by atoms with E-state index in [0.29, 0.717) is 18.2 Å². The quantitative estimate of drug-likeness (QED) is 0.713. The van der Waals surface area contributed by atoms with Crippen molar-refractivity contribution >= 4 is 11.7 Å². The third-order valence-electron chi connectivity index (χ3n) is 3.92. The molecule has 2 N–H and O–H groups in total. The van der Waals surface area contributed by atoms with E-state index in [0.717, 1.165) is 17.0 Å². The Kier molecular flexibility index (Phi) is 5.26. The zero-order valence-corrected chi connectivity index (χ0v) is 15.1. The lowest BCUT2D eigenvalue weighted by Crippen LogP contribution is -2.37. The fraction of sp³-hybridized carbons (Fsp3) is 0.263. The van der Waals surface area contributed by atoms with Crippen molar-refractivity contribution in [3.05, 3.63) is 65.7 Å². The summed E-state index contributed by atoms with van der Waals surface area (Å²) in [5.74, 6) is 1.03. The number of amides is 1. The van der Waals surface area contributed by atoms with Gasteiger partial charge >= 0.3 is 0 Å². The topological polar surface area (TPSA) is 84.7 Å². The molecule has 134 valence electrons. The van der Waals surface area contributed by atoms with E-state index >= 15 is 0 Å². The molecule has 0 radical (unpaired) electrons. The third kappa shape index (κ3) is 4.24. The van der Waals surface area contributed by atoms with Crippen molar-refractivity contribution in [2.75, 3.05) is 5.32 Å². The van der Waals surface area contributed by atoms with Gasteiger partial charge in [0.2, 0.25) is 5.91 Å². The van der Waals surface area contributed by atoms with Crippen LogP contribution in [-0.4, -0.2) is 31.7 Å². The third-order valence-corrected chi connectivity index (χ3v) is 3.92. The highest BCUT2D eigenvalue weighted by Crippen LogP contribution is 2.11. The molecular weight excluding hydrogens is 328 g/mol. The largest absolute Gasteiger partial charge is 0.357 e. The van der Waals surface area contributed by atoms with Crippen molar-refractivity contribution in [1.29, 1.82) is 0 Å². The van der Waals surface area contributed by atoms with Gasteiger partial charge in [0, 0.05) is 12.2 Å². The van der Waals surface area contributed by atoms with Crippen molar-refractivity contribution in [3.63, 3.8) is 0 Å². The van der Waals surface area contributed by atoms with Crippen LogP contribution in [0.25, 0.3) is 5.82 Å². The highest BCUT2D eigenvalue weighted by Gasteiger charge is 2.14. The van der Waals surface area contributed by atoms with Crippen LogP contribution in [0.4, 0.5) is 5.82 Å². The first-order valence-corrected chi connectivity index (χ1v) is 8.47. The molecule has 1 unspecified atom stereocenters. The summed E-state index contributed by atoms with van der Waals surface area (Å²) in [4.78, 5) is 21.0. The molecule has 7 nitrogen and oxygen atoms in total. The number of carbonyl (C=O) groups excluding carboxylic acids is 1. The second kappa shape index (κ2) is 7.77. The van der Waals surface area contributed by atoms with Gasteiger partial charge in [0.05, 0.1) is 18.1 Å². The maximum absolute atomic E-state index is 12.3. The minimum absolute atomic E-state index is 0.104. The van der Waals surface area contributed by atoms with Crippen molar-refractivity contribution in [3.8, 4) is 5.82 Å². The van der Waals surface area contributed by atoms with E-state index in [2.05, 4.69) is 25.7 Å². The molecule has 7 heteroatoms. The van der Waals surface area contributed by atoms with Gasteiger partial charge < -0.3 is 10.6 Å². The molecule has 2 aromatic heterocycles. The lowest BCUT2D eigenvalue weighted by Gasteiger charge is -2.15. The molecule has 1 amide bonds. The van der Waals surface area contributed by atoms with Gasteiger partial charge in [-0.15, -0.1) is 0 Å². The van der Waals surface area contributed by atoms with Crippen molar-refractivity contribution in [2.45, 2.75) is 33.4 Å². The first-order chi connectivity index (χ1) is 12.5. The molecule has 1 aromatic carbocycles. The molecule has 0 fully saturated rings. The first-order valence-electron chi connectivity index (χ1n) is 8.47. The number of benzene rings is 1. The predicted molar refractivity (Wildman–Crippen MR) is 100 cm³/mol. The Morgan fingerprint density at radius 3 is 2.65 bits per heavy atom. The van der Waals surface area contributed by atoms with Gasteiger partial charge in [0.15, 0.2) is 5.82 Å². The van der Waals surface area contributed by atoms with Gasteiger partial charge in [-0.05, 0) is 32.4 Å². The Bertz CT molecular complexity index is 890. The Labute approximate surface area is 152 Å². The van der Waals surface area contributed by atoms with E-state index in [4.69, 9.17) is 0 Å². The summed E-state index contributed by atoms with van der Waals surface area (Å²) in [6.07, 6.45) is 3.24. The molecule has 3 rings (SSSR count). The Morgan fingerprint density at radius 1 is 1.19 bits per heavy atom. The molecule has 3 aromatic rings. The van der Waals surface area contributed by atoms with Crippen molar-refractivity contribution < 1.29 is 4.79 Å². The van der Waals surface area contributed by atoms with Crippen LogP contribution in [0.15, 0.2) is 48.8 Å². The van der Waals surface area contributed by atoms with Crippen molar-refractivity contribution in [2.24, 2.45) is 0 Å². The average Bonchev–Trinajstić information content (AvgIpc) is 2.99. The zero-order chi connectivity index (χ0) is 18.5. The van der Waals surface area contributed by atoms with Gasteiger partial charge in [-0.1, -0.05) is 30.3 Å². The van der Waals surface area contributed by atoms with Gasteiger partial charge in [0.1, 0.15) is 11.9 Å². The Morgan fingerprint density at radius 2 is 1.96 bits per heavy atom. The summed E-state index contributed by atoms with van der Waals surface area (Å²) >= 11 is 0. The predicted octanol–water partition coefficient (Wildman–Crippen LogP) is 2.40. The first kappa shape index (κ1) is 17.6. The van der Waals surface area contributed by atoms with Gasteiger partial charge in [-0.2, -0.15) is 5.10 Å². The van der Waals surface area contributed by atoms with Crippen LogP contribution in [0.3, 0.4) is 0 Å². The van der Waals surface area contributed by atoms with Crippen LogP contribution in [0.2, 0.25) is 0 Å². The summed E-state index contributed by atoms with van der Waals surface area (Å²) in [5, 5.41) is 10.4. The number of nitrogens with zero attached hydrogens (tertiary/aromatic N) is 4. The van der Waals surface area contributed by atoms with E-state index in [1.165, 1.54) is 0 Å². The fourth-order valence-corrected chi connectivity index (χ4v) is 2.61. The van der Waals surface area contributed by atoms with Gasteiger partial charge in [0.25, 0.3) is 0 Å². The normalized spacial score (nSPS) is 11.8. The van der Waals surface area contributed by atoms with Crippen LogP contribution >= 0.6 is 0 Å². The van der Waals surface area contributed by atoms with Gasteiger partial charge in [-0.25, -0.2) is 9.67 Å². The number of nitrogens with one attached hydrogen (secondary N) is 2. The molecule has 0 aliphatic rings. The monoisotopic (exact) mass is 350 g/mol. The van der Waals surface area contributed by atoms with E-state index in [-0.39, 0.29) is 5.91 Å². The summed E-state index contributed by atoms with van der Waals surface area (Å²) in [6, 6.07) is 11.3. The second-order valence-electron chi connectivity index (χ2n) is 6.17. The maximum Gasteiger partial charge on any atom is 0.242 e. The SMILES string of the molecule is Cc1cc(C)n(-c2cncc(NC(C)C(=O)NCc3ccccc3)n2)n1. The average molecular weight is 350 g/mol. The number of hydrogen-bond donors (Lipinski definition) is 2. The minimum atomic E-state index is -0.441. The standard InChI is InChI=1S/C19H22N6O/c1-13-9-14(2)25(24-13)18-12-20-11-17(23-18)22-15(3)19(26)21-10-16-7-5-4-6-8-16/h4-9,11-12,15H,10H2,1-3H3,(H,21,26)(H,22,23). The van der Waals surface area contributed by atoms with E-state index in [1.807, 2.05) is 50.2 Å². The minimum Gasteiger partial charge on any atom is -0.357 e. The van der Waals surface area contributed by atoms with E-state index in [9.17, 15) is 4.79 Å². The number of aryl methyl sites for hydroxylation is 2. The molecule has 1 atom stereocenters. The van der Waals surface area contributed by atoms with E-state index < -0.39 is 6.04 Å². The van der Waals surface area contributed by atoms with Crippen LogP contribution in [0.5, 0.6) is 0 Å². The molecule has 0 aliphatic carbocycles. The molecule has 0 bridgehead atoms. The van der Waals surface area contributed by atoms with E-state index in [1.54, 1.807) is 24.0 Å². The summed E-state index contributed by atoms with van der Waals surface area (Å²) in [7, 11) is 0. The fourth-order valence-electron chi connectivity index (χ4n) is 2.61. The highest BCUT2D eigenvalue weighted by atomic mass is 16.2. The Hall–Kier alpha value is -3.22. The van der Waals surface area contributed by atoms with Crippen LogP contribution in [0.1, 0.15) is 23.9 Å². The number of carbonyl (C=O) groups is 1. The molecular formula is C19H22N6O. The lowest BCUT2D eigenvalue weighted by atomic mass is 10.2. The number of anilines is 1. The van der Waals surface area contributed by atoms with Crippen LogP contribution < -0.4 is 10.6 Å². The molecule has 2 heterocycles. The summed E-state index contributed by atoms with van der Waals surface area (Å²) in [5.41, 5.74) is 2.94.